The quantitative estimate of drug-likeness (QED) is 0.811. The molecule has 0 heterocycles. The highest BCUT2D eigenvalue weighted by Crippen LogP contribution is 2.09. The van der Waals surface area contributed by atoms with Gasteiger partial charge in [-0.2, -0.15) is 0 Å². The first-order valence-electron chi connectivity index (χ1n) is 7.18. The summed E-state index contributed by atoms with van der Waals surface area (Å²) in [4.78, 5) is 23.2. The highest BCUT2D eigenvalue weighted by molar-refractivity contribution is 5.82. The molecule has 0 spiro atoms. The first kappa shape index (κ1) is 17.0. The van der Waals surface area contributed by atoms with Crippen molar-refractivity contribution in [2.45, 2.75) is 45.8 Å². The van der Waals surface area contributed by atoms with Gasteiger partial charge in [-0.3, -0.25) is 4.79 Å². The summed E-state index contributed by atoms with van der Waals surface area (Å²) in [6.07, 6.45) is 1.28. The van der Waals surface area contributed by atoms with Crippen molar-refractivity contribution >= 4 is 12.0 Å². The lowest BCUT2D eigenvalue weighted by atomic mass is 9.99. The van der Waals surface area contributed by atoms with Crippen molar-refractivity contribution in [1.82, 2.24) is 10.6 Å². The molecule has 0 bridgehead atoms. The van der Waals surface area contributed by atoms with Crippen molar-refractivity contribution in [1.29, 1.82) is 0 Å². The highest BCUT2D eigenvalue weighted by atomic mass is 16.5. The van der Waals surface area contributed by atoms with E-state index in [1.807, 2.05) is 44.2 Å². The molecule has 5 heteroatoms. The van der Waals surface area contributed by atoms with Gasteiger partial charge in [0.15, 0.2) is 0 Å². The second-order valence-electron chi connectivity index (χ2n) is 5.60. The molecule has 116 valence electrons. The molecule has 1 rings (SSSR count). The van der Waals surface area contributed by atoms with E-state index in [9.17, 15) is 9.59 Å². The average Bonchev–Trinajstić information content (AvgIpc) is 2.43. The number of amides is 2. The molecule has 1 aromatic carbocycles. The summed E-state index contributed by atoms with van der Waals surface area (Å²) in [6.45, 7) is 6.09. The van der Waals surface area contributed by atoms with Crippen LogP contribution in [0.3, 0.4) is 0 Å². The van der Waals surface area contributed by atoms with Gasteiger partial charge < -0.3 is 15.4 Å². The molecule has 0 fully saturated rings. The Labute approximate surface area is 126 Å². The van der Waals surface area contributed by atoms with Gasteiger partial charge in [0.2, 0.25) is 5.91 Å². The molecule has 0 aliphatic carbocycles. The van der Waals surface area contributed by atoms with Gasteiger partial charge in [-0.1, -0.05) is 43.7 Å². The zero-order chi connectivity index (χ0) is 15.7. The Kier molecular flexibility index (Phi) is 6.72. The fourth-order valence-corrected chi connectivity index (χ4v) is 2.04. The summed E-state index contributed by atoms with van der Waals surface area (Å²) < 4.78 is 5.03. The van der Waals surface area contributed by atoms with Crippen molar-refractivity contribution in [3.05, 3.63) is 35.9 Å². The van der Waals surface area contributed by atoms with Crippen LogP contribution in [-0.2, 0) is 16.1 Å². The fraction of sp³-hybridized carbons (Fsp3) is 0.500. The molecule has 2 N–H and O–H groups in total. The third-order valence-corrected chi connectivity index (χ3v) is 2.96. The Hall–Kier alpha value is -2.04. The maximum absolute atomic E-state index is 11.7. The summed E-state index contributed by atoms with van der Waals surface area (Å²) in [5.41, 5.74) is 0.641. The second kappa shape index (κ2) is 8.29. The number of rotatable bonds is 7. The summed E-state index contributed by atoms with van der Waals surface area (Å²) in [5.74, 6) is -0.217. The predicted molar refractivity (Wildman–Crippen MR) is 81.8 cm³/mol. The molecule has 0 aliphatic heterocycles. The van der Waals surface area contributed by atoms with Crippen LogP contribution in [0.2, 0.25) is 0 Å². The van der Waals surface area contributed by atoms with Crippen LogP contribution >= 0.6 is 0 Å². The van der Waals surface area contributed by atoms with Gasteiger partial charge >= 0.3 is 6.09 Å². The summed E-state index contributed by atoms with van der Waals surface area (Å²) in [7, 11) is 0. The average molecular weight is 292 g/mol. The lowest BCUT2D eigenvalue weighted by Gasteiger charge is -2.25. The SMILES string of the molecule is CCCC(C)(C)NC(=O)CNC(=O)OCc1ccccc1. The van der Waals surface area contributed by atoms with Crippen LogP contribution in [0.5, 0.6) is 0 Å². The number of carbonyl (C=O) groups is 2. The molecule has 1 aromatic rings. The van der Waals surface area contributed by atoms with E-state index in [0.29, 0.717) is 0 Å². The number of benzene rings is 1. The first-order chi connectivity index (χ1) is 9.93. The minimum Gasteiger partial charge on any atom is -0.445 e. The van der Waals surface area contributed by atoms with Gasteiger partial charge in [0.05, 0.1) is 0 Å². The minimum absolute atomic E-state index is 0.0826. The van der Waals surface area contributed by atoms with Crippen LogP contribution in [-0.4, -0.2) is 24.1 Å². The number of ether oxygens (including phenoxy) is 1. The Morgan fingerprint density at radius 2 is 1.86 bits per heavy atom. The second-order valence-corrected chi connectivity index (χ2v) is 5.60. The fourth-order valence-electron chi connectivity index (χ4n) is 2.04. The zero-order valence-corrected chi connectivity index (χ0v) is 12.9. The summed E-state index contributed by atoms with van der Waals surface area (Å²) in [5, 5.41) is 5.32. The molecule has 0 unspecified atom stereocenters. The van der Waals surface area contributed by atoms with E-state index in [1.165, 1.54) is 0 Å². The Morgan fingerprint density at radius 3 is 2.48 bits per heavy atom. The number of hydrogen-bond acceptors (Lipinski definition) is 3. The largest absolute Gasteiger partial charge is 0.445 e. The minimum atomic E-state index is -0.595. The summed E-state index contributed by atoms with van der Waals surface area (Å²) in [6, 6.07) is 9.38. The molecule has 0 saturated heterocycles. The van der Waals surface area contributed by atoms with Crippen molar-refractivity contribution in [2.75, 3.05) is 6.54 Å². The van der Waals surface area contributed by atoms with Crippen LogP contribution in [0.1, 0.15) is 39.2 Å². The molecular formula is C16H24N2O3. The van der Waals surface area contributed by atoms with Gasteiger partial charge in [0.1, 0.15) is 13.2 Å². The molecule has 0 aromatic heterocycles. The highest BCUT2D eigenvalue weighted by Gasteiger charge is 2.19. The van der Waals surface area contributed by atoms with Gasteiger partial charge in [-0.25, -0.2) is 4.79 Å². The van der Waals surface area contributed by atoms with Gasteiger partial charge in [0.25, 0.3) is 0 Å². The Morgan fingerprint density at radius 1 is 1.19 bits per heavy atom. The normalized spacial score (nSPS) is 10.8. The monoisotopic (exact) mass is 292 g/mol. The van der Waals surface area contributed by atoms with E-state index in [4.69, 9.17) is 4.74 Å². The molecule has 0 atom stereocenters. The number of hydrogen-bond donors (Lipinski definition) is 2. The van der Waals surface area contributed by atoms with Gasteiger partial charge in [0, 0.05) is 5.54 Å². The summed E-state index contributed by atoms with van der Waals surface area (Å²) >= 11 is 0. The molecule has 5 nitrogen and oxygen atoms in total. The zero-order valence-electron chi connectivity index (χ0n) is 12.9. The molecule has 0 aliphatic rings. The first-order valence-corrected chi connectivity index (χ1v) is 7.18. The van der Waals surface area contributed by atoms with Crippen LogP contribution in [0.25, 0.3) is 0 Å². The maximum Gasteiger partial charge on any atom is 0.407 e. The smallest absolute Gasteiger partial charge is 0.407 e. The van der Waals surface area contributed by atoms with Crippen molar-refractivity contribution in [3.63, 3.8) is 0 Å². The van der Waals surface area contributed by atoms with Crippen molar-refractivity contribution < 1.29 is 14.3 Å². The number of nitrogens with one attached hydrogen (secondary N) is 2. The van der Waals surface area contributed by atoms with Crippen LogP contribution in [0, 0.1) is 0 Å². The van der Waals surface area contributed by atoms with E-state index in [-0.39, 0.29) is 24.6 Å². The lowest BCUT2D eigenvalue weighted by molar-refractivity contribution is -0.121. The number of carbonyl (C=O) groups excluding carboxylic acids is 2. The molecule has 0 radical (unpaired) electrons. The molecule has 21 heavy (non-hydrogen) atoms. The van der Waals surface area contributed by atoms with Gasteiger partial charge in [-0.15, -0.1) is 0 Å². The van der Waals surface area contributed by atoms with Crippen LogP contribution < -0.4 is 10.6 Å². The Bertz CT molecular complexity index is 458. The molecular weight excluding hydrogens is 268 g/mol. The van der Waals surface area contributed by atoms with Crippen molar-refractivity contribution in [2.24, 2.45) is 0 Å². The third kappa shape index (κ3) is 7.34. The van der Waals surface area contributed by atoms with E-state index >= 15 is 0 Å². The van der Waals surface area contributed by atoms with Crippen LogP contribution in [0.15, 0.2) is 30.3 Å². The van der Waals surface area contributed by atoms with E-state index in [2.05, 4.69) is 17.6 Å². The predicted octanol–water partition coefficient (Wildman–Crippen LogP) is 2.61. The standard InChI is InChI=1S/C16H24N2O3/c1-4-10-16(2,3)18-14(19)11-17-15(20)21-12-13-8-6-5-7-9-13/h5-9H,4,10-12H2,1-3H3,(H,17,20)(H,18,19). The Balaban J connectivity index is 2.25. The van der Waals surface area contributed by atoms with Crippen molar-refractivity contribution in [3.8, 4) is 0 Å². The molecule has 0 saturated carbocycles. The third-order valence-electron chi connectivity index (χ3n) is 2.96. The number of alkyl carbamates (subject to hydrolysis) is 1. The maximum atomic E-state index is 11.7. The van der Waals surface area contributed by atoms with E-state index in [1.54, 1.807) is 0 Å². The topological polar surface area (TPSA) is 67.4 Å². The molecule has 2 amide bonds. The van der Waals surface area contributed by atoms with Crippen LogP contribution in [0.4, 0.5) is 4.79 Å². The lowest BCUT2D eigenvalue weighted by Crippen LogP contribution is -2.47. The van der Waals surface area contributed by atoms with E-state index in [0.717, 1.165) is 18.4 Å². The van der Waals surface area contributed by atoms with Gasteiger partial charge in [-0.05, 0) is 25.8 Å². The van der Waals surface area contributed by atoms with E-state index < -0.39 is 6.09 Å².